The number of carbonyl (C=O) groups excluding carboxylic acids is 1. The number of carbonyl (C=O) groups is 1. The van der Waals surface area contributed by atoms with Gasteiger partial charge in [-0.25, -0.2) is 0 Å². The van der Waals surface area contributed by atoms with Gasteiger partial charge in [-0.05, 0) is 31.4 Å². The molecule has 1 aliphatic heterocycles. The predicted octanol–water partition coefficient (Wildman–Crippen LogP) is 2.60. The second kappa shape index (κ2) is 7.12. The molecule has 1 aromatic heterocycles. The standard InChI is InChI=1S/C15H23N3O/c1-2-8-17-15(19)14-12-13(7-9-16-14)18-10-5-3-4-6-11-18/h7,9,12H,2-6,8,10-11H2,1H3,(H,17,19). The van der Waals surface area contributed by atoms with Crippen LogP contribution in [0.2, 0.25) is 0 Å². The van der Waals surface area contributed by atoms with E-state index >= 15 is 0 Å². The van der Waals surface area contributed by atoms with Gasteiger partial charge in [-0.2, -0.15) is 0 Å². The number of hydrogen-bond acceptors (Lipinski definition) is 3. The first-order chi connectivity index (χ1) is 9.31. The number of nitrogens with one attached hydrogen (secondary N) is 1. The van der Waals surface area contributed by atoms with E-state index in [1.165, 1.54) is 25.7 Å². The first kappa shape index (κ1) is 13.8. The molecule has 0 unspecified atom stereocenters. The first-order valence-corrected chi connectivity index (χ1v) is 7.30. The summed E-state index contributed by atoms with van der Waals surface area (Å²) in [6, 6.07) is 3.91. The Balaban J connectivity index is 2.07. The van der Waals surface area contributed by atoms with Crippen LogP contribution in [0.5, 0.6) is 0 Å². The molecule has 0 bridgehead atoms. The van der Waals surface area contributed by atoms with Crippen molar-refractivity contribution in [3.8, 4) is 0 Å². The lowest BCUT2D eigenvalue weighted by atomic mass is 10.2. The minimum absolute atomic E-state index is 0.0708. The fourth-order valence-electron chi connectivity index (χ4n) is 2.40. The van der Waals surface area contributed by atoms with Crippen LogP contribution in [-0.2, 0) is 0 Å². The van der Waals surface area contributed by atoms with Gasteiger partial charge in [-0.15, -0.1) is 0 Å². The van der Waals surface area contributed by atoms with Crippen molar-refractivity contribution >= 4 is 11.6 Å². The minimum Gasteiger partial charge on any atom is -0.371 e. The Labute approximate surface area is 115 Å². The molecule has 0 atom stereocenters. The van der Waals surface area contributed by atoms with Gasteiger partial charge in [0, 0.05) is 31.5 Å². The van der Waals surface area contributed by atoms with Crippen molar-refractivity contribution < 1.29 is 4.79 Å². The molecule has 1 N–H and O–H groups in total. The largest absolute Gasteiger partial charge is 0.371 e. The molecule has 0 aromatic carbocycles. The van der Waals surface area contributed by atoms with Crippen LogP contribution in [0.25, 0.3) is 0 Å². The van der Waals surface area contributed by atoms with E-state index in [2.05, 4.69) is 15.2 Å². The number of nitrogens with zero attached hydrogens (tertiary/aromatic N) is 2. The highest BCUT2D eigenvalue weighted by Gasteiger charge is 2.13. The second-order valence-electron chi connectivity index (χ2n) is 5.06. The quantitative estimate of drug-likeness (QED) is 0.906. The van der Waals surface area contributed by atoms with E-state index in [0.29, 0.717) is 12.2 Å². The summed E-state index contributed by atoms with van der Waals surface area (Å²) < 4.78 is 0. The fourth-order valence-corrected chi connectivity index (χ4v) is 2.40. The normalized spacial score (nSPS) is 15.9. The molecule has 2 rings (SSSR count). The van der Waals surface area contributed by atoms with Crippen LogP contribution in [0.15, 0.2) is 18.3 Å². The van der Waals surface area contributed by atoms with Crippen LogP contribution >= 0.6 is 0 Å². The van der Waals surface area contributed by atoms with Gasteiger partial charge in [0.15, 0.2) is 0 Å². The van der Waals surface area contributed by atoms with Crippen molar-refractivity contribution in [3.63, 3.8) is 0 Å². The van der Waals surface area contributed by atoms with Crippen LogP contribution in [0.4, 0.5) is 5.69 Å². The zero-order valence-electron chi connectivity index (χ0n) is 11.7. The van der Waals surface area contributed by atoms with Gasteiger partial charge in [0.1, 0.15) is 5.69 Å². The molecule has 1 aromatic rings. The van der Waals surface area contributed by atoms with Crippen LogP contribution in [0.1, 0.15) is 49.5 Å². The van der Waals surface area contributed by atoms with Gasteiger partial charge in [0.2, 0.25) is 0 Å². The van der Waals surface area contributed by atoms with Gasteiger partial charge < -0.3 is 10.2 Å². The summed E-state index contributed by atoms with van der Waals surface area (Å²) in [4.78, 5) is 18.5. The molecular formula is C15H23N3O. The third-order valence-corrected chi connectivity index (χ3v) is 3.48. The average molecular weight is 261 g/mol. The summed E-state index contributed by atoms with van der Waals surface area (Å²) in [6.07, 6.45) is 7.77. The summed E-state index contributed by atoms with van der Waals surface area (Å²) in [6.45, 7) is 4.91. The summed E-state index contributed by atoms with van der Waals surface area (Å²) >= 11 is 0. The molecule has 19 heavy (non-hydrogen) atoms. The molecule has 1 saturated heterocycles. The number of pyridine rings is 1. The van der Waals surface area contributed by atoms with Crippen molar-refractivity contribution in [2.75, 3.05) is 24.5 Å². The Morgan fingerprint density at radius 2 is 2.05 bits per heavy atom. The minimum atomic E-state index is -0.0708. The highest BCUT2D eigenvalue weighted by Crippen LogP contribution is 2.19. The van der Waals surface area contributed by atoms with Crippen molar-refractivity contribution in [1.82, 2.24) is 10.3 Å². The number of anilines is 1. The van der Waals surface area contributed by atoms with E-state index in [-0.39, 0.29) is 5.91 Å². The Bertz CT molecular complexity index is 412. The molecule has 2 heterocycles. The highest BCUT2D eigenvalue weighted by atomic mass is 16.1. The number of rotatable bonds is 4. The molecule has 1 fully saturated rings. The summed E-state index contributed by atoms with van der Waals surface area (Å²) in [5.74, 6) is -0.0708. The lowest BCUT2D eigenvalue weighted by Gasteiger charge is -2.22. The van der Waals surface area contributed by atoms with Gasteiger partial charge in [-0.1, -0.05) is 19.8 Å². The van der Waals surface area contributed by atoms with Crippen molar-refractivity contribution in [2.24, 2.45) is 0 Å². The van der Waals surface area contributed by atoms with E-state index in [9.17, 15) is 4.79 Å². The topological polar surface area (TPSA) is 45.2 Å². The maximum Gasteiger partial charge on any atom is 0.269 e. The fraction of sp³-hybridized carbons (Fsp3) is 0.600. The number of aromatic nitrogens is 1. The monoisotopic (exact) mass is 261 g/mol. The van der Waals surface area contributed by atoms with Gasteiger partial charge in [0.25, 0.3) is 5.91 Å². The summed E-state index contributed by atoms with van der Waals surface area (Å²) in [5, 5.41) is 2.87. The summed E-state index contributed by atoms with van der Waals surface area (Å²) in [5.41, 5.74) is 1.65. The Morgan fingerprint density at radius 3 is 2.74 bits per heavy atom. The summed E-state index contributed by atoms with van der Waals surface area (Å²) in [7, 11) is 0. The lowest BCUT2D eigenvalue weighted by molar-refractivity contribution is 0.0948. The molecule has 0 aliphatic carbocycles. The first-order valence-electron chi connectivity index (χ1n) is 7.30. The smallest absolute Gasteiger partial charge is 0.269 e. The van der Waals surface area contributed by atoms with E-state index in [4.69, 9.17) is 0 Å². The predicted molar refractivity (Wildman–Crippen MR) is 77.5 cm³/mol. The Hall–Kier alpha value is -1.58. The van der Waals surface area contributed by atoms with Crippen molar-refractivity contribution in [1.29, 1.82) is 0 Å². The molecular weight excluding hydrogens is 238 g/mol. The highest BCUT2D eigenvalue weighted by molar-refractivity contribution is 5.93. The van der Waals surface area contributed by atoms with E-state index < -0.39 is 0 Å². The van der Waals surface area contributed by atoms with Crippen molar-refractivity contribution in [3.05, 3.63) is 24.0 Å². The SMILES string of the molecule is CCCNC(=O)c1cc(N2CCCCCC2)ccn1. The molecule has 1 aliphatic rings. The maximum atomic E-state index is 11.9. The van der Waals surface area contributed by atoms with Crippen molar-refractivity contribution in [2.45, 2.75) is 39.0 Å². The molecule has 4 heteroatoms. The molecule has 0 spiro atoms. The molecule has 1 amide bonds. The Kier molecular flexibility index (Phi) is 5.19. The number of hydrogen-bond donors (Lipinski definition) is 1. The van der Waals surface area contributed by atoms with Crippen LogP contribution in [-0.4, -0.2) is 30.5 Å². The zero-order valence-corrected chi connectivity index (χ0v) is 11.7. The molecule has 0 radical (unpaired) electrons. The Morgan fingerprint density at radius 1 is 1.32 bits per heavy atom. The van der Waals surface area contributed by atoms with Gasteiger partial charge in [0.05, 0.1) is 0 Å². The van der Waals surface area contributed by atoms with Crippen LogP contribution in [0.3, 0.4) is 0 Å². The molecule has 4 nitrogen and oxygen atoms in total. The maximum absolute atomic E-state index is 11.9. The average Bonchev–Trinajstić information content (AvgIpc) is 2.74. The van der Waals surface area contributed by atoms with Crippen LogP contribution < -0.4 is 10.2 Å². The van der Waals surface area contributed by atoms with E-state index in [1.54, 1.807) is 6.20 Å². The van der Waals surface area contributed by atoms with E-state index in [1.807, 2.05) is 19.1 Å². The van der Waals surface area contributed by atoms with Gasteiger partial charge in [-0.3, -0.25) is 9.78 Å². The zero-order chi connectivity index (χ0) is 13.5. The molecule has 0 saturated carbocycles. The third-order valence-electron chi connectivity index (χ3n) is 3.48. The van der Waals surface area contributed by atoms with Crippen LogP contribution in [0, 0.1) is 0 Å². The second-order valence-corrected chi connectivity index (χ2v) is 5.06. The third kappa shape index (κ3) is 3.94. The lowest BCUT2D eigenvalue weighted by Crippen LogP contribution is -2.27. The number of amides is 1. The molecule has 104 valence electrons. The van der Waals surface area contributed by atoms with E-state index in [0.717, 1.165) is 25.2 Å². The van der Waals surface area contributed by atoms with Gasteiger partial charge >= 0.3 is 0 Å².